The summed E-state index contributed by atoms with van der Waals surface area (Å²) in [6.07, 6.45) is 7.02. The van der Waals surface area contributed by atoms with Gasteiger partial charge in [0.15, 0.2) is 0 Å². The highest BCUT2D eigenvalue weighted by Crippen LogP contribution is 2.10. The number of piperidine rings is 1. The fourth-order valence-corrected chi connectivity index (χ4v) is 3.31. The summed E-state index contributed by atoms with van der Waals surface area (Å²) in [5.74, 6) is 0.383. The summed E-state index contributed by atoms with van der Waals surface area (Å²) < 4.78 is 1.67. The molecule has 132 valence electrons. The lowest BCUT2D eigenvalue weighted by Gasteiger charge is -2.36. The number of likely N-dealkylation sites (tertiary alicyclic amines) is 1. The largest absolute Gasteiger partial charge is 0.342 e. The van der Waals surface area contributed by atoms with E-state index in [9.17, 15) is 9.59 Å². The van der Waals surface area contributed by atoms with Crippen molar-refractivity contribution in [2.75, 3.05) is 45.8 Å². The van der Waals surface area contributed by atoms with E-state index in [0.717, 1.165) is 39.0 Å². The Labute approximate surface area is 142 Å². The minimum atomic E-state index is 0.146. The number of hydrogen-bond acceptors (Lipinski definition) is 5. The van der Waals surface area contributed by atoms with Crippen LogP contribution in [0.4, 0.5) is 0 Å². The number of piperazine rings is 1. The molecule has 0 unspecified atom stereocenters. The molecule has 0 spiro atoms. The van der Waals surface area contributed by atoms with Crippen LogP contribution in [0.25, 0.3) is 0 Å². The van der Waals surface area contributed by atoms with E-state index in [1.807, 2.05) is 9.80 Å². The van der Waals surface area contributed by atoms with Crippen molar-refractivity contribution in [2.24, 2.45) is 0 Å². The zero-order chi connectivity index (χ0) is 16.8. The van der Waals surface area contributed by atoms with Gasteiger partial charge in [-0.15, -0.1) is 0 Å². The molecule has 2 amide bonds. The molecule has 2 aliphatic heterocycles. The number of aromatic nitrogens is 3. The summed E-state index contributed by atoms with van der Waals surface area (Å²) >= 11 is 0. The summed E-state index contributed by atoms with van der Waals surface area (Å²) in [5, 5.41) is 4.01. The second-order valence-electron chi connectivity index (χ2n) is 6.51. The molecular weight excluding hydrogens is 308 g/mol. The Morgan fingerprint density at radius 1 is 0.875 bits per heavy atom. The number of amides is 2. The van der Waals surface area contributed by atoms with Gasteiger partial charge in [-0.25, -0.2) is 4.98 Å². The zero-order valence-electron chi connectivity index (χ0n) is 14.1. The first-order valence-electron chi connectivity index (χ1n) is 8.83. The predicted molar refractivity (Wildman–Crippen MR) is 88.1 cm³/mol. The number of carbonyl (C=O) groups is 2. The molecule has 0 saturated carbocycles. The fourth-order valence-electron chi connectivity index (χ4n) is 3.31. The minimum Gasteiger partial charge on any atom is -0.342 e. The Balaban J connectivity index is 1.37. The van der Waals surface area contributed by atoms with Crippen LogP contribution in [0.15, 0.2) is 12.7 Å². The van der Waals surface area contributed by atoms with Crippen LogP contribution in [-0.4, -0.2) is 87.1 Å². The van der Waals surface area contributed by atoms with Crippen molar-refractivity contribution in [2.45, 2.75) is 32.2 Å². The van der Waals surface area contributed by atoms with Crippen molar-refractivity contribution < 1.29 is 9.59 Å². The van der Waals surface area contributed by atoms with E-state index in [1.54, 1.807) is 11.0 Å². The van der Waals surface area contributed by atoms with E-state index in [1.165, 1.54) is 12.7 Å². The summed E-state index contributed by atoms with van der Waals surface area (Å²) in [4.78, 5) is 34.5. The van der Waals surface area contributed by atoms with Gasteiger partial charge in [0, 0.05) is 45.7 Å². The molecule has 2 saturated heterocycles. The van der Waals surface area contributed by atoms with E-state index in [2.05, 4.69) is 15.0 Å². The molecule has 1 aromatic heterocycles. The molecular formula is C16H26N6O2. The van der Waals surface area contributed by atoms with Gasteiger partial charge in [0.25, 0.3) is 0 Å². The van der Waals surface area contributed by atoms with E-state index in [4.69, 9.17) is 0 Å². The molecule has 8 heteroatoms. The van der Waals surface area contributed by atoms with Crippen LogP contribution in [0.3, 0.4) is 0 Å². The number of nitrogens with zero attached hydrogens (tertiary/aromatic N) is 6. The lowest BCUT2D eigenvalue weighted by molar-refractivity contribution is -0.135. The first-order valence-corrected chi connectivity index (χ1v) is 8.83. The Hall–Kier alpha value is -1.96. The molecule has 0 bridgehead atoms. The van der Waals surface area contributed by atoms with Gasteiger partial charge in [0.1, 0.15) is 12.7 Å². The lowest BCUT2D eigenvalue weighted by Crippen LogP contribution is -2.52. The molecule has 0 aliphatic carbocycles. The number of aryl methyl sites for hydroxylation is 1. The van der Waals surface area contributed by atoms with Gasteiger partial charge in [0.2, 0.25) is 11.8 Å². The lowest BCUT2D eigenvalue weighted by atomic mass is 10.1. The molecule has 0 N–H and O–H groups in total. The molecule has 1 aromatic rings. The highest BCUT2D eigenvalue weighted by molar-refractivity contribution is 5.78. The van der Waals surface area contributed by atoms with Crippen LogP contribution >= 0.6 is 0 Å². The van der Waals surface area contributed by atoms with Crippen molar-refractivity contribution in [3.05, 3.63) is 12.7 Å². The Morgan fingerprint density at radius 3 is 2.25 bits per heavy atom. The Bertz CT molecular complexity index is 533. The van der Waals surface area contributed by atoms with Crippen LogP contribution in [0.2, 0.25) is 0 Å². The summed E-state index contributed by atoms with van der Waals surface area (Å²) in [5.41, 5.74) is 0. The van der Waals surface area contributed by atoms with Gasteiger partial charge in [-0.05, 0) is 19.3 Å². The van der Waals surface area contributed by atoms with Gasteiger partial charge in [-0.1, -0.05) is 0 Å². The average molecular weight is 334 g/mol. The third-order valence-corrected chi connectivity index (χ3v) is 4.81. The quantitative estimate of drug-likeness (QED) is 0.747. The molecule has 0 radical (unpaired) electrons. The van der Waals surface area contributed by atoms with E-state index < -0.39 is 0 Å². The van der Waals surface area contributed by atoms with Crippen LogP contribution in [-0.2, 0) is 16.1 Å². The van der Waals surface area contributed by atoms with Crippen molar-refractivity contribution in [1.82, 2.24) is 29.5 Å². The first-order chi connectivity index (χ1) is 11.7. The van der Waals surface area contributed by atoms with Crippen molar-refractivity contribution in [1.29, 1.82) is 0 Å². The van der Waals surface area contributed by atoms with Crippen LogP contribution < -0.4 is 0 Å². The fraction of sp³-hybridized carbons (Fsp3) is 0.750. The maximum atomic E-state index is 12.3. The molecule has 3 rings (SSSR count). The van der Waals surface area contributed by atoms with Gasteiger partial charge < -0.3 is 9.80 Å². The van der Waals surface area contributed by atoms with Gasteiger partial charge >= 0.3 is 0 Å². The number of carbonyl (C=O) groups excluding carboxylic acids is 2. The highest BCUT2D eigenvalue weighted by Gasteiger charge is 2.24. The standard InChI is InChI=1S/C16H26N6O2/c23-15(4-7-22-14-17-13-18-22)21-10-8-19(9-11-21)12-16(24)20-5-2-1-3-6-20/h13-14H,1-12H2. The second-order valence-corrected chi connectivity index (χ2v) is 6.51. The molecule has 3 heterocycles. The smallest absolute Gasteiger partial charge is 0.236 e. The number of rotatable bonds is 5. The van der Waals surface area contributed by atoms with Crippen LogP contribution in [0.5, 0.6) is 0 Å². The Kier molecular flexibility index (Phi) is 5.79. The van der Waals surface area contributed by atoms with E-state index in [0.29, 0.717) is 32.6 Å². The summed E-state index contributed by atoms with van der Waals surface area (Å²) in [6.45, 7) is 5.79. The topological polar surface area (TPSA) is 74.6 Å². The molecule has 0 aromatic carbocycles. The molecule has 0 atom stereocenters. The Morgan fingerprint density at radius 2 is 1.58 bits per heavy atom. The van der Waals surface area contributed by atoms with Crippen molar-refractivity contribution in [3.8, 4) is 0 Å². The molecule has 24 heavy (non-hydrogen) atoms. The average Bonchev–Trinajstić information content (AvgIpc) is 3.14. The second kappa shape index (κ2) is 8.23. The third-order valence-electron chi connectivity index (χ3n) is 4.81. The highest BCUT2D eigenvalue weighted by atomic mass is 16.2. The monoisotopic (exact) mass is 334 g/mol. The van der Waals surface area contributed by atoms with E-state index in [-0.39, 0.29) is 11.8 Å². The van der Waals surface area contributed by atoms with Crippen LogP contribution in [0.1, 0.15) is 25.7 Å². The molecule has 2 aliphatic rings. The summed E-state index contributed by atoms with van der Waals surface area (Å²) in [7, 11) is 0. The third kappa shape index (κ3) is 4.53. The zero-order valence-corrected chi connectivity index (χ0v) is 14.1. The van der Waals surface area contributed by atoms with Crippen molar-refractivity contribution in [3.63, 3.8) is 0 Å². The SMILES string of the molecule is O=C(CCn1cncn1)N1CCN(CC(=O)N2CCCCC2)CC1. The van der Waals surface area contributed by atoms with Gasteiger partial charge in [0.05, 0.1) is 13.1 Å². The minimum absolute atomic E-state index is 0.146. The first kappa shape index (κ1) is 16.9. The molecule has 8 nitrogen and oxygen atoms in total. The normalized spacial score (nSPS) is 19.5. The number of hydrogen-bond donors (Lipinski definition) is 0. The maximum absolute atomic E-state index is 12.3. The van der Waals surface area contributed by atoms with Gasteiger partial charge in [-0.3, -0.25) is 19.2 Å². The van der Waals surface area contributed by atoms with Crippen molar-refractivity contribution >= 4 is 11.8 Å². The van der Waals surface area contributed by atoms with Gasteiger partial charge in [-0.2, -0.15) is 5.10 Å². The molecule has 2 fully saturated rings. The van der Waals surface area contributed by atoms with E-state index >= 15 is 0 Å². The van der Waals surface area contributed by atoms with Crippen LogP contribution in [0, 0.1) is 0 Å². The predicted octanol–water partition coefficient (Wildman–Crippen LogP) is -0.175. The summed E-state index contributed by atoms with van der Waals surface area (Å²) in [6, 6.07) is 0. The maximum Gasteiger partial charge on any atom is 0.236 e.